The molecule has 4 rings (SSSR count). The maximum atomic E-state index is 12.5. The number of carbonyl (C=O) groups is 1. The summed E-state index contributed by atoms with van der Waals surface area (Å²) in [6, 6.07) is 14.5. The fourth-order valence-electron chi connectivity index (χ4n) is 4.49. The lowest BCUT2D eigenvalue weighted by Gasteiger charge is -2.29. The fourth-order valence-corrected chi connectivity index (χ4v) is 4.49. The summed E-state index contributed by atoms with van der Waals surface area (Å²) < 4.78 is 3.29. The average Bonchev–Trinajstić information content (AvgIpc) is 3.02. The maximum absolute atomic E-state index is 12.5. The second-order valence-electron chi connectivity index (χ2n) is 8.65. The van der Waals surface area contributed by atoms with Gasteiger partial charge in [0.2, 0.25) is 5.91 Å². The van der Waals surface area contributed by atoms with Crippen molar-refractivity contribution in [3.63, 3.8) is 0 Å². The summed E-state index contributed by atoms with van der Waals surface area (Å²) >= 11 is 0. The van der Waals surface area contributed by atoms with Crippen molar-refractivity contribution in [1.82, 2.24) is 14.5 Å². The number of hydrogen-bond acceptors (Lipinski definition) is 3. The van der Waals surface area contributed by atoms with Crippen LogP contribution >= 0.6 is 0 Å². The van der Waals surface area contributed by atoms with Crippen LogP contribution in [0.25, 0.3) is 11.0 Å². The Balaban J connectivity index is 1.33. The van der Waals surface area contributed by atoms with E-state index in [1.807, 2.05) is 25.1 Å². The first-order valence-corrected chi connectivity index (χ1v) is 11.2. The lowest BCUT2D eigenvalue weighted by Crippen LogP contribution is -2.29. The monoisotopic (exact) mass is 420 g/mol. The molecule has 1 fully saturated rings. The Bertz CT molecular complexity index is 1120. The highest BCUT2D eigenvalue weighted by atomic mass is 16.2. The van der Waals surface area contributed by atoms with Crippen molar-refractivity contribution >= 4 is 22.6 Å². The standard InChI is InChI=1S/C25H32N4O2/c1-18(20-9-11-21(12-10-20)29-15-5-4-6-16-29)26-24(30)14-8-19-7-13-22-23(17-19)28(3)25(31)27(22)2/h7,9-13,17-18H,4-6,8,14-16H2,1-3H3,(H,26,30)/t18-/m1/s1. The first-order valence-electron chi connectivity index (χ1n) is 11.2. The van der Waals surface area contributed by atoms with Gasteiger partial charge in [0.1, 0.15) is 0 Å². The Morgan fingerprint density at radius 3 is 2.35 bits per heavy atom. The van der Waals surface area contributed by atoms with E-state index in [0.717, 1.165) is 35.2 Å². The van der Waals surface area contributed by atoms with E-state index >= 15 is 0 Å². The van der Waals surface area contributed by atoms with Gasteiger partial charge < -0.3 is 10.2 Å². The molecule has 1 amide bonds. The minimum atomic E-state index is -0.0370. The Kier molecular flexibility index (Phi) is 6.16. The van der Waals surface area contributed by atoms with Crippen molar-refractivity contribution in [1.29, 1.82) is 0 Å². The van der Waals surface area contributed by atoms with E-state index in [-0.39, 0.29) is 17.6 Å². The van der Waals surface area contributed by atoms with Crippen molar-refractivity contribution in [3.05, 3.63) is 64.1 Å². The number of benzene rings is 2. The number of anilines is 1. The third-order valence-electron chi connectivity index (χ3n) is 6.47. The molecule has 1 atom stereocenters. The zero-order valence-electron chi connectivity index (χ0n) is 18.7. The number of nitrogens with one attached hydrogen (secondary N) is 1. The number of imidazole rings is 1. The molecule has 0 bridgehead atoms. The first kappa shape index (κ1) is 21.2. The highest BCUT2D eigenvalue weighted by molar-refractivity contribution is 5.78. The minimum Gasteiger partial charge on any atom is -0.372 e. The maximum Gasteiger partial charge on any atom is 0.328 e. The molecule has 0 unspecified atom stereocenters. The van der Waals surface area contributed by atoms with Crippen LogP contribution in [0.2, 0.25) is 0 Å². The van der Waals surface area contributed by atoms with Gasteiger partial charge in [-0.15, -0.1) is 0 Å². The molecule has 164 valence electrons. The molecule has 0 radical (unpaired) electrons. The summed E-state index contributed by atoms with van der Waals surface area (Å²) in [5.74, 6) is 0.0367. The molecule has 2 heterocycles. The van der Waals surface area contributed by atoms with Crippen LogP contribution < -0.4 is 15.9 Å². The van der Waals surface area contributed by atoms with Gasteiger partial charge in [-0.05, 0) is 68.0 Å². The molecule has 0 saturated carbocycles. The quantitative estimate of drug-likeness (QED) is 0.662. The molecule has 1 aliphatic heterocycles. The summed E-state index contributed by atoms with van der Waals surface area (Å²) in [6.07, 6.45) is 4.92. The van der Waals surface area contributed by atoms with Gasteiger partial charge in [-0.25, -0.2) is 4.79 Å². The van der Waals surface area contributed by atoms with E-state index in [9.17, 15) is 9.59 Å². The summed E-state index contributed by atoms with van der Waals surface area (Å²) in [7, 11) is 3.55. The Hall–Kier alpha value is -3.02. The van der Waals surface area contributed by atoms with Gasteiger partial charge in [-0.3, -0.25) is 13.9 Å². The molecule has 1 aliphatic rings. The smallest absolute Gasteiger partial charge is 0.328 e. The second-order valence-corrected chi connectivity index (χ2v) is 8.65. The van der Waals surface area contributed by atoms with Gasteiger partial charge >= 0.3 is 5.69 Å². The van der Waals surface area contributed by atoms with Crippen LogP contribution in [-0.2, 0) is 25.3 Å². The number of rotatable bonds is 6. The normalized spacial score (nSPS) is 15.3. The van der Waals surface area contributed by atoms with Gasteiger partial charge in [0.15, 0.2) is 0 Å². The highest BCUT2D eigenvalue weighted by Gasteiger charge is 2.14. The molecule has 6 nitrogen and oxygen atoms in total. The number of aromatic nitrogens is 2. The molecule has 1 aromatic heterocycles. The van der Waals surface area contributed by atoms with E-state index in [4.69, 9.17) is 0 Å². The van der Waals surface area contributed by atoms with Gasteiger partial charge in [0.05, 0.1) is 17.1 Å². The van der Waals surface area contributed by atoms with Gasteiger partial charge in [0, 0.05) is 39.3 Å². The zero-order chi connectivity index (χ0) is 22.0. The van der Waals surface area contributed by atoms with Crippen molar-refractivity contribution < 1.29 is 4.79 Å². The summed E-state index contributed by atoms with van der Waals surface area (Å²) in [6.45, 7) is 4.29. The molecular formula is C25H32N4O2. The van der Waals surface area contributed by atoms with E-state index < -0.39 is 0 Å². The molecule has 1 N–H and O–H groups in total. The molecule has 31 heavy (non-hydrogen) atoms. The van der Waals surface area contributed by atoms with Crippen molar-refractivity contribution in [2.75, 3.05) is 18.0 Å². The second kappa shape index (κ2) is 9.00. The van der Waals surface area contributed by atoms with Crippen LogP contribution in [0.5, 0.6) is 0 Å². The lowest BCUT2D eigenvalue weighted by molar-refractivity contribution is -0.121. The molecule has 2 aromatic carbocycles. The van der Waals surface area contributed by atoms with Crippen LogP contribution in [0.4, 0.5) is 5.69 Å². The molecule has 0 aliphatic carbocycles. The summed E-state index contributed by atoms with van der Waals surface area (Å²) in [5.41, 5.74) is 5.21. The molecule has 1 saturated heterocycles. The van der Waals surface area contributed by atoms with Crippen LogP contribution in [0.15, 0.2) is 47.3 Å². The number of hydrogen-bond donors (Lipinski definition) is 1. The van der Waals surface area contributed by atoms with Crippen LogP contribution in [0.1, 0.15) is 49.8 Å². The highest BCUT2D eigenvalue weighted by Crippen LogP contribution is 2.22. The van der Waals surface area contributed by atoms with Crippen LogP contribution in [-0.4, -0.2) is 28.1 Å². The Morgan fingerprint density at radius 1 is 0.968 bits per heavy atom. The SMILES string of the molecule is C[C@@H](NC(=O)CCc1ccc2c(c1)n(C)c(=O)n2C)c1ccc(N2CCCCC2)cc1. The van der Waals surface area contributed by atoms with Gasteiger partial charge in [-0.1, -0.05) is 18.2 Å². The predicted octanol–water partition coefficient (Wildman–Crippen LogP) is 3.68. The van der Waals surface area contributed by atoms with E-state index in [2.05, 4.69) is 34.5 Å². The number of amides is 1. The van der Waals surface area contributed by atoms with E-state index in [0.29, 0.717) is 12.8 Å². The van der Waals surface area contributed by atoms with Crippen molar-refractivity contribution in [2.45, 2.75) is 45.1 Å². The molecule has 6 heteroatoms. The third kappa shape index (κ3) is 4.53. The van der Waals surface area contributed by atoms with Crippen molar-refractivity contribution in [3.8, 4) is 0 Å². The molecular weight excluding hydrogens is 388 g/mol. The van der Waals surface area contributed by atoms with E-state index in [1.54, 1.807) is 23.2 Å². The average molecular weight is 421 g/mol. The zero-order valence-corrected chi connectivity index (χ0v) is 18.7. The Labute approximate surface area is 183 Å². The molecule has 3 aromatic rings. The van der Waals surface area contributed by atoms with Gasteiger partial charge in [-0.2, -0.15) is 0 Å². The first-order chi connectivity index (χ1) is 14.9. The number of piperidine rings is 1. The predicted molar refractivity (Wildman–Crippen MR) is 126 cm³/mol. The van der Waals surface area contributed by atoms with Crippen molar-refractivity contribution in [2.24, 2.45) is 14.1 Å². The molecule has 0 spiro atoms. The number of aryl methyl sites for hydroxylation is 3. The number of fused-ring (bicyclic) bond motifs is 1. The topological polar surface area (TPSA) is 59.3 Å². The van der Waals surface area contributed by atoms with Gasteiger partial charge in [0.25, 0.3) is 0 Å². The van der Waals surface area contributed by atoms with E-state index in [1.165, 1.54) is 24.9 Å². The van der Waals surface area contributed by atoms with Crippen LogP contribution in [0, 0.1) is 0 Å². The fraction of sp³-hybridized carbons (Fsp3) is 0.440. The third-order valence-corrected chi connectivity index (χ3v) is 6.47. The van der Waals surface area contributed by atoms with Crippen LogP contribution in [0.3, 0.4) is 0 Å². The minimum absolute atomic E-state index is 0.0275. The summed E-state index contributed by atoms with van der Waals surface area (Å²) in [4.78, 5) is 27.1. The lowest BCUT2D eigenvalue weighted by atomic mass is 10.1. The number of nitrogens with zero attached hydrogens (tertiary/aromatic N) is 3. The largest absolute Gasteiger partial charge is 0.372 e. The summed E-state index contributed by atoms with van der Waals surface area (Å²) in [5, 5.41) is 3.12. The number of carbonyl (C=O) groups excluding carboxylic acids is 1. The Morgan fingerprint density at radius 2 is 1.65 bits per heavy atom.